The second-order valence-electron chi connectivity index (χ2n) is 4.63. The van der Waals surface area contributed by atoms with Gasteiger partial charge >= 0.3 is 5.97 Å². The van der Waals surface area contributed by atoms with Gasteiger partial charge in [0.1, 0.15) is 0 Å². The molecule has 0 aliphatic heterocycles. The van der Waals surface area contributed by atoms with E-state index in [9.17, 15) is 9.59 Å². The van der Waals surface area contributed by atoms with Crippen molar-refractivity contribution < 1.29 is 14.3 Å². The molecule has 0 saturated heterocycles. The van der Waals surface area contributed by atoms with Crippen LogP contribution >= 0.6 is 11.3 Å². The Balaban J connectivity index is 1.71. The summed E-state index contributed by atoms with van der Waals surface area (Å²) in [6, 6.07) is 6.57. The summed E-state index contributed by atoms with van der Waals surface area (Å²) in [5, 5.41) is 4.63. The van der Waals surface area contributed by atoms with Gasteiger partial charge in [0.25, 0.3) is 0 Å². The molecule has 0 unspecified atom stereocenters. The van der Waals surface area contributed by atoms with E-state index in [4.69, 9.17) is 0 Å². The standard InChI is InChI=1S/C16H13N3O3S/c1-22-15(21)11-3-2-4-12(9-11)18-14(20)6-5-13-10-17-16-19(13)7-8-23-16/h2-10H,1H3,(H,18,20)/b6-5+. The first-order valence-electron chi connectivity index (χ1n) is 6.75. The largest absolute Gasteiger partial charge is 0.465 e. The SMILES string of the molecule is COC(=O)c1cccc(NC(=O)/C=C/c2cnc3sccn23)c1. The van der Waals surface area contributed by atoms with E-state index in [2.05, 4.69) is 15.0 Å². The van der Waals surface area contributed by atoms with Crippen molar-refractivity contribution in [2.24, 2.45) is 0 Å². The minimum Gasteiger partial charge on any atom is -0.465 e. The number of nitrogens with zero attached hydrogens (tertiary/aromatic N) is 2. The number of thiazole rings is 1. The predicted octanol–water partition coefficient (Wildman–Crippen LogP) is 2.83. The average Bonchev–Trinajstić information content (AvgIpc) is 3.16. The highest BCUT2D eigenvalue weighted by atomic mass is 32.1. The summed E-state index contributed by atoms with van der Waals surface area (Å²) in [5.41, 5.74) is 1.72. The summed E-state index contributed by atoms with van der Waals surface area (Å²) in [6.45, 7) is 0. The van der Waals surface area contributed by atoms with Crippen molar-refractivity contribution in [2.75, 3.05) is 12.4 Å². The number of amides is 1. The molecule has 7 heteroatoms. The molecule has 0 fully saturated rings. The fourth-order valence-electron chi connectivity index (χ4n) is 2.06. The van der Waals surface area contributed by atoms with E-state index in [1.807, 2.05) is 16.0 Å². The summed E-state index contributed by atoms with van der Waals surface area (Å²) in [7, 11) is 1.31. The number of imidazole rings is 1. The van der Waals surface area contributed by atoms with Crippen molar-refractivity contribution >= 4 is 39.9 Å². The molecule has 3 aromatic rings. The lowest BCUT2D eigenvalue weighted by atomic mass is 10.2. The number of benzene rings is 1. The molecule has 2 aromatic heterocycles. The lowest BCUT2D eigenvalue weighted by Gasteiger charge is -2.04. The zero-order chi connectivity index (χ0) is 16.2. The number of nitrogens with one attached hydrogen (secondary N) is 1. The number of carbonyl (C=O) groups excluding carboxylic acids is 2. The fourth-order valence-corrected chi connectivity index (χ4v) is 2.75. The third-order valence-electron chi connectivity index (χ3n) is 3.13. The topological polar surface area (TPSA) is 72.7 Å². The Bertz CT molecular complexity index is 895. The van der Waals surface area contributed by atoms with E-state index in [-0.39, 0.29) is 5.91 Å². The van der Waals surface area contributed by atoms with Gasteiger partial charge in [-0.3, -0.25) is 9.20 Å². The van der Waals surface area contributed by atoms with Crippen LogP contribution in [-0.4, -0.2) is 28.4 Å². The minimum atomic E-state index is -0.448. The molecule has 116 valence electrons. The number of fused-ring (bicyclic) bond motifs is 1. The Hall–Kier alpha value is -2.93. The van der Waals surface area contributed by atoms with Crippen LogP contribution in [0.4, 0.5) is 5.69 Å². The number of hydrogen-bond donors (Lipinski definition) is 1. The van der Waals surface area contributed by atoms with Crippen molar-refractivity contribution in [2.45, 2.75) is 0 Å². The molecule has 0 atom stereocenters. The molecule has 6 nitrogen and oxygen atoms in total. The predicted molar refractivity (Wildman–Crippen MR) is 88.5 cm³/mol. The number of esters is 1. The first-order valence-corrected chi connectivity index (χ1v) is 7.63. The normalized spacial score (nSPS) is 11.0. The van der Waals surface area contributed by atoms with Gasteiger partial charge in [-0.15, -0.1) is 11.3 Å². The van der Waals surface area contributed by atoms with E-state index in [0.717, 1.165) is 10.7 Å². The van der Waals surface area contributed by atoms with Crippen LogP contribution in [0.5, 0.6) is 0 Å². The molecule has 0 aliphatic rings. The molecule has 3 rings (SSSR count). The van der Waals surface area contributed by atoms with Crippen molar-refractivity contribution in [3.05, 3.63) is 59.4 Å². The summed E-state index contributed by atoms with van der Waals surface area (Å²) in [6.07, 6.45) is 6.70. The second-order valence-corrected chi connectivity index (χ2v) is 5.51. The maximum absolute atomic E-state index is 12.0. The molecule has 0 radical (unpaired) electrons. The number of anilines is 1. The van der Waals surface area contributed by atoms with E-state index in [1.165, 1.54) is 24.5 Å². The van der Waals surface area contributed by atoms with Crippen LogP contribution in [0, 0.1) is 0 Å². The third-order valence-corrected chi connectivity index (χ3v) is 3.90. The van der Waals surface area contributed by atoms with Gasteiger partial charge < -0.3 is 10.1 Å². The van der Waals surface area contributed by atoms with Gasteiger partial charge in [-0.25, -0.2) is 9.78 Å². The summed E-state index contributed by atoms with van der Waals surface area (Å²) < 4.78 is 6.55. The van der Waals surface area contributed by atoms with Crippen molar-refractivity contribution in [1.82, 2.24) is 9.38 Å². The number of carbonyl (C=O) groups is 2. The maximum Gasteiger partial charge on any atom is 0.337 e. The molecule has 23 heavy (non-hydrogen) atoms. The lowest BCUT2D eigenvalue weighted by Crippen LogP contribution is -2.09. The monoisotopic (exact) mass is 327 g/mol. The molecule has 0 spiro atoms. The van der Waals surface area contributed by atoms with Crippen LogP contribution in [0.1, 0.15) is 16.1 Å². The number of rotatable bonds is 4. The smallest absolute Gasteiger partial charge is 0.337 e. The quantitative estimate of drug-likeness (QED) is 0.591. The van der Waals surface area contributed by atoms with Gasteiger partial charge in [0.15, 0.2) is 4.96 Å². The molecule has 1 aromatic carbocycles. The van der Waals surface area contributed by atoms with Crippen LogP contribution in [0.3, 0.4) is 0 Å². The Labute approximate surface area is 136 Å². The number of ether oxygens (including phenoxy) is 1. The van der Waals surface area contributed by atoms with E-state index in [1.54, 1.807) is 36.5 Å². The molecule has 2 heterocycles. The molecule has 0 bridgehead atoms. The van der Waals surface area contributed by atoms with Crippen LogP contribution in [0.2, 0.25) is 0 Å². The highest BCUT2D eigenvalue weighted by Crippen LogP contribution is 2.14. The van der Waals surface area contributed by atoms with Gasteiger partial charge in [-0.2, -0.15) is 0 Å². The van der Waals surface area contributed by atoms with E-state index >= 15 is 0 Å². The van der Waals surface area contributed by atoms with Gasteiger partial charge in [-0.05, 0) is 24.3 Å². The van der Waals surface area contributed by atoms with Gasteiger partial charge in [0, 0.05) is 23.3 Å². The number of hydrogen-bond acceptors (Lipinski definition) is 5. The Kier molecular flexibility index (Phi) is 4.20. The van der Waals surface area contributed by atoms with Gasteiger partial charge in [0.05, 0.1) is 24.6 Å². The second kappa shape index (κ2) is 6.45. The highest BCUT2D eigenvalue weighted by molar-refractivity contribution is 7.15. The molecular formula is C16H13N3O3S. The van der Waals surface area contributed by atoms with Crippen molar-refractivity contribution in [1.29, 1.82) is 0 Å². The minimum absolute atomic E-state index is 0.294. The zero-order valence-corrected chi connectivity index (χ0v) is 13.0. The fraction of sp³-hybridized carbons (Fsp3) is 0.0625. The summed E-state index contributed by atoms with van der Waals surface area (Å²) >= 11 is 1.53. The average molecular weight is 327 g/mol. The van der Waals surface area contributed by atoms with Crippen LogP contribution < -0.4 is 5.32 Å². The number of methoxy groups -OCH3 is 1. The van der Waals surface area contributed by atoms with Crippen molar-refractivity contribution in [3.63, 3.8) is 0 Å². The first kappa shape index (κ1) is 15.0. The third kappa shape index (κ3) is 3.29. The Morgan fingerprint density at radius 3 is 3.09 bits per heavy atom. The maximum atomic E-state index is 12.0. The molecule has 0 saturated carbocycles. The Morgan fingerprint density at radius 2 is 2.26 bits per heavy atom. The molecule has 1 N–H and O–H groups in total. The molecule has 0 aliphatic carbocycles. The molecule has 1 amide bonds. The zero-order valence-electron chi connectivity index (χ0n) is 12.2. The van der Waals surface area contributed by atoms with E-state index in [0.29, 0.717) is 11.3 Å². The number of aromatic nitrogens is 2. The van der Waals surface area contributed by atoms with E-state index < -0.39 is 5.97 Å². The summed E-state index contributed by atoms with van der Waals surface area (Å²) in [5.74, 6) is -0.743. The highest BCUT2D eigenvalue weighted by Gasteiger charge is 2.07. The Morgan fingerprint density at radius 1 is 1.39 bits per heavy atom. The molecular weight excluding hydrogens is 314 g/mol. The lowest BCUT2D eigenvalue weighted by molar-refractivity contribution is -0.111. The first-order chi connectivity index (χ1) is 11.2. The van der Waals surface area contributed by atoms with Crippen LogP contribution in [-0.2, 0) is 9.53 Å². The van der Waals surface area contributed by atoms with Crippen LogP contribution in [0.25, 0.3) is 11.0 Å². The van der Waals surface area contributed by atoms with Crippen LogP contribution in [0.15, 0.2) is 48.1 Å². The summed E-state index contributed by atoms with van der Waals surface area (Å²) in [4.78, 5) is 28.6. The van der Waals surface area contributed by atoms with Gasteiger partial charge in [-0.1, -0.05) is 6.07 Å². The van der Waals surface area contributed by atoms with Gasteiger partial charge in [0.2, 0.25) is 5.91 Å². The van der Waals surface area contributed by atoms with Crippen molar-refractivity contribution in [3.8, 4) is 0 Å².